The van der Waals surface area contributed by atoms with Crippen LogP contribution in [0.15, 0.2) is 24.4 Å². The molecule has 0 unspecified atom stereocenters. The molecule has 7 heteroatoms. The highest BCUT2D eigenvalue weighted by atomic mass is 16.5. The molecule has 0 saturated carbocycles. The number of rotatable bonds is 5. The van der Waals surface area contributed by atoms with E-state index in [0.717, 1.165) is 29.7 Å². The van der Waals surface area contributed by atoms with Crippen LogP contribution in [0.1, 0.15) is 46.1 Å². The van der Waals surface area contributed by atoms with Crippen molar-refractivity contribution in [1.29, 1.82) is 0 Å². The number of aromatic nitrogens is 2. The maximum Gasteiger partial charge on any atom is 0.339 e. The van der Waals surface area contributed by atoms with Gasteiger partial charge in [0, 0.05) is 13.1 Å². The first kappa shape index (κ1) is 18.9. The molecule has 0 radical (unpaired) electrons. The normalized spacial score (nSPS) is 15.0. The first-order valence-corrected chi connectivity index (χ1v) is 9.12. The van der Waals surface area contributed by atoms with E-state index in [0.29, 0.717) is 18.8 Å². The fraction of sp³-hybridized carbons (Fsp3) is 0.450. The monoisotopic (exact) mass is 371 g/mol. The van der Waals surface area contributed by atoms with Crippen LogP contribution in [0.5, 0.6) is 5.75 Å². The third-order valence-corrected chi connectivity index (χ3v) is 5.12. The molecule has 0 atom stereocenters. The number of hydrogen-bond donors (Lipinski definition) is 1. The molecule has 1 aliphatic rings. The lowest BCUT2D eigenvalue weighted by atomic mass is 10.0. The van der Waals surface area contributed by atoms with Gasteiger partial charge in [-0.15, -0.1) is 0 Å². The number of amides is 1. The van der Waals surface area contributed by atoms with E-state index in [1.807, 2.05) is 32.0 Å². The predicted octanol–water partition coefficient (Wildman–Crippen LogP) is 2.75. The number of carbonyl (C=O) groups is 2. The topological polar surface area (TPSA) is 84.7 Å². The molecule has 7 nitrogen and oxygen atoms in total. The van der Waals surface area contributed by atoms with E-state index in [-0.39, 0.29) is 24.1 Å². The van der Waals surface area contributed by atoms with E-state index in [4.69, 9.17) is 9.84 Å². The fourth-order valence-corrected chi connectivity index (χ4v) is 3.55. The van der Waals surface area contributed by atoms with Gasteiger partial charge in [0.05, 0.1) is 17.9 Å². The van der Waals surface area contributed by atoms with Crippen LogP contribution in [0, 0.1) is 20.8 Å². The van der Waals surface area contributed by atoms with Gasteiger partial charge in [0.2, 0.25) is 0 Å². The van der Waals surface area contributed by atoms with Crippen molar-refractivity contribution in [3.05, 3.63) is 46.8 Å². The lowest BCUT2D eigenvalue weighted by molar-refractivity contribution is -0.134. The van der Waals surface area contributed by atoms with Crippen LogP contribution < -0.4 is 4.74 Å². The van der Waals surface area contributed by atoms with Gasteiger partial charge >= 0.3 is 5.97 Å². The number of piperidine rings is 1. The summed E-state index contributed by atoms with van der Waals surface area (Å²) in [5.74, 6) is -0.260. The van der Waals surface area contributed by atoms with Crippen LogP contribution >= 0.6 is 0 Å². The summed E-state index contributed by atoms with van der Waals surface area (Å²) >= 11 is 0. The Hall–Kier alpha value is -2.83. The van der Waals surface area contributed by atoms with Crippen molar-refractivity contribution in [3.63, 3.8) is 0 Å². The van der Waals surface area contributed by atoms with Crippen molar-refractivity contribution in [2.24, 2.45) is 0 Å². The van der Waals surface area contributed by atoms with E-state index >= 15 is 0 Å². The number of likely N-dealkylation sites (tertiary alicyclic amines) is 1. The molecule has 1 amide bonds. The Balaban J connectivity index is 1.54. The van der Waals surface area contributed by atoms with E-state index in [2.05, 4.69) is 5.10 Å². The number of benzene rings is 1. The van der Waals surface area contributed by atoms with E-state index in [9.17, 15) is 9.59 Å². The summed E-state index contributed by atoms with van der Waals surface area (Å²) in [7, 11) is 0. The molecule has 1 N–H and O–H groups in total. The Bertz CT molecular complexity index is 851. The second-order valence-corrected chi connectivity index (χ2v) is 7.06. The van der Waals surface area contributed by atoms with Crippen molar-refractivity contribution < 1.29 is 19.4 Å². The predicted molar refractivity (Wildman–Crippen MR) is 100 cm³/mol. The lowest BCUT2D eigenvalue weighted by Gasteiger charge is -2.32. The molecule has 144 valence electrons. The zero-order valence-corrected chi connectivity index (χ0v) is 15.9. The molecule has 1 fully saturated rings. The van der Waals surface area contributed by atoms with Crippen LogP contribution in [0.3, 0.4) is 0 Å². The van der Waals surface area contributed by atoms with Gasteiger partial charge < -0.3 is 14.7 Å². The van der Waals surface area contributed by atoms with Gasteiger partial charge in [0.25, 0.3) is 5.91 Å². The number of hydrogen-bond acceptors (Lipinski definition) is 4. The number of nitrogens with zero attached hydrogens (tertiary/aromatic N) is 3. The zero-order valence-electron chi connectivity index (χ0n) is 15.9. The highest BCUT2D eigenvalue weighted by molar-refractivity contribution is 5.88. The molecule has 3 rings (SSSR count). The standard InChI is InChI=1S/C20H25N3O4/c1-13-4-5-18(14(2)10-13)27-12-19(24)22-8-6-16(7-9-22)23-15(3)17(11-21-23)20(25)26/h4-5,10-11,16H,6-9,12H2,1-3H3,(H,25,26). The van der Waals surface area contributed by atoms with Gasteiger partial charge in [-0.25, -0.2) is 4.79 Å². The van der Waals surface area contributed by atoms with Crippen LogP contribution in [0.2, 0.25) is 0 Å². The van der Waals surface area contributed by atoms with Gasteiger partial charge in [-0.1, -0.05) is 17.7 Å². The van der Waals surface area contributed by atoms with Crippen LogP contribution in [-0.4, -0.2) is 51.4 Å². The Morgan fingerprint density at radius 2 is 1.93 bits per heavy atom. The zero-order chi connectivity index (χ0) is 19.6. The fourth-order valence-electron chi connectivity index (χ4n) is 3.55. The van der Waals surface area contributed by atoms with Crippen molar-refractivity contribution in [2.75, 3.05) is 19.7 Å². The van der Waals surface area contributed by atoms with E-state index < -0.39 is 5.97 Å². The number of aryl methyl sites for hydroxylation is 2. The maximum atomic E-state index is 12.5. The Labute approximate surface area is 158 Å². The summed E-state index contributed by atoms with van der Waals surface area (Å²) in [6, 6.07) is 6.01. The number of ether oxygens (including phenoxy) is 1. The molecule has 2 aromatic rings. The summed E-state index contributed by atoms with van der Waals surface area (Å²) in [6.07, 6.45) is 2.89. The second kappa shape index (κ2) is 7.82. The Morgan fingerprint density at radius 3 is 2.52 bits per heavy atom. The molecule has 0 bridgehead atoms. The average Bonchev–Trinajstić information content (AvgIpc) is 3.02. The van der Waals surface area contributed by atoms with Crippen LogP contribution in [-0.2, 0) is 4.79 Å². The molecule has 1 aliphatic heterocycles. The van der Waals surface area contributed by atoms with Crippen molar-refractivity contribution in [3.8, 4) is 5.75 Å². The quantitative estimate of drug-likeness (QED) is 0.874. The number of carboxylic acid groups (broad SMARTS) is 1. The minimum absolute atomic E-state index is 0.0263. The van der Waals surface area contributed by atoms with E-state index in [1.165, 1.54) is 6.20 Å². The van der Waals surface area contributed by atoms with Gasteiger partial charge in [-0.05, 0) is 45.2 Å². The molecule has 1 saturated heterocycles. The summed E-state index contributed by atoms with van der Waals surface area (Å²) in [5.41, 5.74) is 3.07. The summed E-state index contributed by atoms with van der Waals surface area (Å²) in [4.78, 5) is 25.4. The van der Waals surface area contributed by atoms with Crippen molar-refractivity contribution >= 4 is 11.9 Å². The van der Waals surface area contributed by atoms with Crippen LogP contribution in [0.4, 0.5) is 0 Å². The number of aromatic carboxylic acids is 1. The summed E-state index contributed by atoms with van der Waals surface area (Å²) < 4.78 is 7.47. The molecule has 1 aromatic heterocycles. The lowest BCUT2D eigenvalue weighted by Crippen LogP contribution is -2.41. The SMILES string of the molecule is Cc1ccc(OCC(=O)N2CCC(n3ncc(C(=O)O)c3C)CC2)c(C)c1. The highest BCUT2D eigenvalue weighted by Gasteiger charge is 2.26. The van der Waals surface area contributed by atoms with Crippen molar-refractivity contribution in [1.82, 2.24) is 14.7 Å². The minimum atomic E-state index is -0.963. The number of carbonyl (C=O) groups excluding carboxylic acids is 1. The van der Waals surface area contributed by atoms with E-state index in [1.54, 1.807) is 16.5 Å². The summed E-state index contributed by atoms with van der Waals surface area (Å²) in [6.45, 7) is 7.01. The third kappa shape index (κ3) is 4.13. The smallest absolute Gasteiger partial charge is 0.339 e. The van der Waals surface area contributed by atoms with Crippen LogP contribution in [0.25, 0.3) is 0 Å². The van der Waals surface area contributed by atoms with Gasteiger partial charge in [0.1, 0.15) is 11.3 Å². The van der Waals surface area contributed by atoms with Crippen molar-refractivity contribution in [2.45, 2.75) is 39.7 Å². The summed E-state index contributed by atoms with van der Waals surface area (Å²) in [5, 5.41) is 13.4. The van der Waals surface area contributed by atoms with Gasteiger partial charge in [0.15, 0.2) is 6.61 Å². The minimum Gasteiger partial charge on any atom is -0.484 e. The molecule has 0 spiro atoms. The Kier molecular flexibility index (Phi) is 5.48. The highest BCUT2D eigenvalue weighted by Crippen LogP contribution is 2.25. The maximum absolute atomic E-state index is 12.5. The molecule has 2 heterocycles. The average molecular weight is 371 g/mol. The molecule has 1 aromatic carbocycles. The number of carboxylic acids is 1. The molecular weight excluding hydrogens is 346 g/mol. The first-order valence-electron chi connectivity index (χ1n) is 9.12. The second-order valence-electron chi connectivity index (χ2n) is 7.06. The molecular formula is C20H25N3O4. The largest absolute Gasteiger partial charge is 0.484 e. The third-order valence-electron chi connectivity index (χ3n) is 5.12. The molecule has 0 aliphatic carbocycles. The molecule has 27 heavy (non-hydrogen) atoms. The van der Waals surface area contributed by atoms with Gasteiger partial charge in [-0.3, -0.25) is 9.48 Å². The Morgan fingerprint density at radius 1 is 1.22 bits per heavy atom. The first-order chi connectivity index (χ1) is 12.9. The van der Waals surface area contributed by atoms with Gasteiger partial charge in [-0.2, -0.15) is 5.10 Å².